The number of aromatic nitrogens is 1. The van der Waals surface area contributed by atoms with Crippen LogP contribution in [0.1, 0.15) is 10.4 Å². The molecule has 0 aliphatic rings. The fourth-order valence-corrected chi connectivity index (χ4v) is 2.49. The van der Waals surface area contributed by atoms with Gasteiger partial charge in [-0.15, -0.1) is 0 Å². The van der Waals surface area contributed by atoms with E-state index < -0.39 is 10.9 Å². The Morgan fingerprint density at radius 3 is 2.74 bits per heavy atom. The summed E-state index contributed by atoms with van der Waals surface area (Å²) in [6.07, 6.45) is 1.60. The molecule has 7 heteroatoms. The second-order valence-corrected chi connectivity index (χ2v) is 5.50. The number of pyridine rings is 1. The zero-order valence-corrected chi connectivity index (χ0v) is 13.2. The molecular formula is C16H9BrN2O4. The minimum absolute atomic E-state index is 0.0906. The standard InChI is InChI=1S/C16H9BrN2O4/c17-12-7-6-11(9-13(12)19(21)22)16(20)23-14-5-1-3-10-4-2-8-18-15(10)14/h1-9H. The average Bonchev–Trinajstić information content (AvgIpc) is 2.55. The molecule has 0 aliphatic heterocycles. The van der Waals surface area contributed by atoms with Crippen molar-refractivity contribution in [2.24, 2.45) is 0 Å². The van der Waals surface area contributed by atoms with Gasteiger partial charge in [-0.2, -0.15) is 0 Å². The predicted molar refractivity (Wildman–Crippen MR) is 87.5 cm³/mol. The number of rotatable bonds is 3. The predicted octanol–water partition coefficient (Wildman–Crippen LogP) is 4.12. The van der Waals surface area contributed by atoms with E-state index in [-0.39, 0.29) is 11.3 Å². The summed E-state index contributed by atoms with van der Waals surface area (Å²) in [5.74, 6) is -0.377. The maximum atomic E-state index is 12.3. The van der Waals surface area contributed by atoms with E-state index in [2.05, 4.69) is 20.9 Å². The number of benzene rings is 2. The highest BCUT2D eigenvalue weighted by atomic mass is 79.9. The van der Waals surface area contributed by atoms with Crippen LogP contribution in [0, 0.1) is 10.1 Å². The zero-order chi connectivity index (χ0) is 16.4. The molecule has 23 heavy (non-hydrogen) atoms. The Balaban J connectivity index is 1.95. The first-order valence-corrected chi connectivity index (χ1v) is 7.35. The molecule has 0 fully saturated rings. The molecule has 6 nitrogen and oxygen atoms in total. The molecule has 0 saturated carbocycles. The number of hydrogen-bond acceptors (Lipinski definition) is 5. The van der Waals surface area contributed by atoms with Crippen LogP contribution in [0.2, 0.25) is 0 Å². The van der Waals surface area contributed by atoms with Crippen LogP contribution in [0.5, 0.6) is 5.75 Å². The van der Waals surface area contributed by atoms with Crippen LogP contribution in [-0.4, -0.2) is 15.9 Å². The number of nitrogens with zero attached hydrogens (tertiary/aromatic N) is 2. The van der Waals surface area contributed by atoms with Gasteiger partial charge >= 0.3 is 5.97 Å². The molecule has 1 heterocycles. The summed E-state index contributed by atoms with van der Waals surface area (Å²) in [5, 5.41) is 11.8. The number of fused-ring (bicyclic) bond motifs is 1. The second kappa shape index (κ2) is 6.13. The van der Waals surface area contributed by atoms with Gasteiger partial charge in [0, 0.05) is 17.6 Å². The number of carbonyl (C=O) groups is 1. The number of halogens is 1. The molecule has 0 spiro atoms. The largest absolute Gasteiger partial charge is 0.421 e. The van der Waals surface area contributed by atoms with Gasteiger partial charge in [0.2, 0.25) is 0 Å². The van der Waals surface area contributed by atoms with Crippen LogP contribution in [-0.2, 0) is 0 Å². The van der Waals surface area contributed by atoms with Crippen LogP contribution >= 0.6 is 15.9 Å². The van der Waals surface area contributed by atoms with E-state index in [0.29, 0.717) is 15.7 Å². The molecule has 0 bridgehead atoms. The van der Waals surface area contributed by atoms with Gasteiger partial charge in [-0.3, -0.25) is 15.1 Å². The third-order valence-corrected chi connectivity index (χ3v) is 3.85. The summed E-state index contributed by atoms with van der Waals surface area (Å²) < 4.78 is 5.65. The Morgan fingerprint density at radius 1 is 1.17 bits per heavy atom. The number of nitro groups is 1. The van der Waals surface area contributed by atoms with Crippen LogP contribution in [0.25, 0.3) is 10.9 Å². The second-order valence-electron chi connectivity index (χ2n) is 4.64. The van der Waals surface area contributed by atoms with Crippen molar-refractivity contribution in [3.8, 4) is 5.75 Å². The molecular weight excluding hydrogens is 364 g/mol. The first-order chi connectivity index (χ1) is 11.1. The monoisotopic (exact) mass is 372 g/mol. The number of hydrogen-bond donors (Lipinski definition) is 0. The van der Waals surface area contributed by atoms with Crippen molar-refractivity contribution < 1.29 is 14.5 Å². The van der Waals surface area contributed by atoms with Crippen LogP contribution in [0.4, 0.5) is 5.69 Å². The molecule has 2 aromatic carbocycles. The number of esters is 1. The van der Waals surface area contributed by atoms with Crippen LogP contribution in [0.3, 0.4) is 0 Å². The van der Waals surface area contributed by atoms with E-state index in [9.17, 15) is 14.9 Å². The lowest BCUT2D eigenvalue weighted by Gasteiger charge is -2.07. The maximum Gasteiger partial charge on any atom is 0.343 e. The molecule has 0 unspecified atom stereocenters. The molecule has 0 N–H and O–H groups in total. The highest BCUT2D eigenvalue weighted by Gasteiger charge is 2.18. The van der Waals surface area contributed by atoms with Crippen molar-refractivity contribution in [2.75, 3.05) is 0 Å². The van der Waals surface area contributed by atoms with Crippen molar-refractivity contribution in [3.63, 3.8) is 0 Å². The smallest absolute Gasteiger partial charge is 0.343 e. The molecule has 0 radical (unpaired) electrons. The highest BCUT2D eigenvalue weighted by molar-refractivity contribution is 9.10. The number of carbonyl (C=O) groups excluding carboxylic acids is 1. The van der Waals surface area contributed by atoms with Crippen molar-refractivity contribution in [1.29, 1.82) is 0 Å². The summed E-state index contributed by atoms with van der Waals surface area (Å²) in [6, 6.07) is 12.9. The highest BCUT2D eigenvalue weighted by Crippen LogP contribution is 2.27. The molecule has 114 valence electrons. The Kier molecular flexibility index (Phi) is 4.03. The van der Waals surface area contributed by atoms with Gasteiger partial charge in [-0.25, -0.2) is 4.79 Å². The Morgan fingerprint density at radius 2 is 1.96 bits per heavy atom. The van der Waals surface area contributed by atoms with E-state index in [0.717, 1.165) is 5.39 Å². The fourth-order valence-electron chi connectivity index (χ4n) is 2.10. The van der Waals surface area contributed by atoms with Gasteiger partial charge in [-0.1, -0.05) is 18.2 Å². The molecule has 0 saturated heterocycles. The molecule has 3 aromatic rings. The summed E-state index contributed by atoms with van der Waals surface area (Å²) in [4.78, 5) is 26.8. The fraction of sp³-hybridized carbons (Fsp3) is 0. The van der Waals surface area contributed by atoms with E-state index in [1.807, 2.05) is 12.1 Å². The molecule has 0 aliphatic carbocycles. The van der Waals surface area contributed by atoms with E-state index in [1.165, 1.54) is 18.2 Å². The van der Waals surface area contributed by atoms with E-state index in [4.69, 9.17) is 4.74 Å². The van der Waals surface area contributed by atoms with Crippen molar-refractivity contribution in [1.82, 2.24) is 4.98 Å². The first kappa shape index (κ1) is 15.1. The van der Waals surface area contributed by atoms with Gasteiger partial charge < -0.3 is 4.74 Å². The third-order valence-electron chi connectivity index (χ3n) is 3.18. The lowest BCUT2D eigenvalue weighted by Crippen LogP contribution is -2.09. The Hall–Kier alpha value is -2.80. The summed E-state index contributed by atoms with van der Waals surface area (Å²) in [7, 11) is 0. The van der Waals surface area contributed by atoms with Gasteiger partial charge in [0.1, 0.15) is 5.52 Å². The van der Waals surface area contributed by atoms with Crippen LogP contribution in [0.15, 0.2) is 59.2 Å². The lowest BCUT2D eigenvalue weighted by atomic mass is 10.2. The van der Waals surface area contributed by atoms with Gasteiger partial charge in [0.05, 0.1) is 15.0 Å². The van der Waals surface area contributed by atoms with Gasteiger partial charge in [0.25, 0.3) is 5.69 Å². The number of ether oxygens (including phenoxy) is 1. The number of para-hydroxylation sites is 1. The first-order valence-electron chi connectivity index (χ1n) is 6.56. The molecule has 0 amide bonds. The SMILES string of the molecule is O=C(Oc1cccc2cccnc12)c1ccc(Br)c([N+](=O)[O-])c1. The van der Waals surface area contributed by atoms with Gasteiger partial charge in [0.15, 0.2) is 5.75 Å². The van der Waals surface area contributed by atoms with Crippen LogP contribution < -0.4 is 4.74 Å². The van der Waals surface area contributed by atoms with E-state index >= 15 is 0 Å². The zero-order valence-electron chi connectivity index (χ0n) is 11.6. The van der Waals surface area contributed by atoms with Crippen molar-refractivity contribution in [3.05, 3.63) is 74.9 Å². The topological polar surface area (TPSA) is 82.3 Å². The third kappa shape index (κ3) is 3.04. The Labute approximate surface area is 139 Å². The average molecular weight is 373 g/mol. The summed E-state index contributed by atoms with van der Waals surface area (Å²) >= 11 is 3.08. The van der Waals surface area contributed by atoms with Crippen molar-refractivity contribution in [2.45, 2.75) is 0 Å². The molecule has 1 aromatic heterocycles. The van der Waals surface area contributed by atoms with Crippen molar-refractivity contribution >= 4 is 38.5 Å². The molecule has 0 atom stereocenters. The number of nitro benzene ring substituents is 1. The summed E-state index contributed by atoms with van der Waals surface area (Å²) in [5.41, 5.74) is 0.443. The molecule has 3 rings (SSSR count). The quantitative estimate of drug-likeness (QED) is 0.298. The normalized spacial score (nSPS) is 10.5. The lowest BCUT2D eigenvalue weighted by molar-refractivity contribution is -0.385. The minimum atomic E-state index is -0.682. The van der Waals surface area contributed by atoms with Gasteiger partial charge in [-0.05, 0) is 40.2 Å². The Bertz CT molecular complexity index is 922. The summed E-state index contributed by atoms with van der Waals surface area (Å²) in [6.45, 7) is 0. The van der Waals surface area contributed by atoms with E-state index in [1.54, 1.807) is 24.4 Å². The maximum absolute atomic E-state index is 12.3. The minimum Gasteiger partial charge on any atom is -0.421 e.